The molecule has 0 radical (unpaired) electrons. The van der Waals surface area contributed by atoms with Crippen molar-refractivity contribution >= 4 is 22.9 Å². The molecule has 5 heteroatoms. The molecule has 0 unspecified atom stereocenters. The van der Waals surface area contributed by atoms with Gasteiger partial charge in [-0.1, -0.05) is 12.1 Å². The molecule has 0 bridgehead atoms. The first kappa shape index (κ1) is 13.7. The van der Waals surface area contributed by atoms with Crippen LogP contribution in [0.15, 0.2) is 35.7 Å². The summed E-state index contributed by atoms with van der Waals surface area (Å²) in [4.78, 5) is 15.5. The van der Waals surface area contributed by atoms with Crippen LogP contribution in [0.25, 0.3) is 0 Å². The molecule has 0 fully saturated rings. The van der Waals surface area contributed by atoms with Crippen LogP contribution in [0, 0.1) is 11.3 Å². The zero-order valence-corrected chi connectivity index (χ0v) is 12.3. The van der Waals surface area contributed by atoms with Crippen molar-refractivity contribution in [1.82, 2.24) is 4.90 Å². The Morgan fingerprint density at radius 1 is 1.38 bits per heavy atom. The van der Waals surface area contributed by atoms with Gasteiger partial charge in [0.2, 0.25) is 5.91 Å². The summed E-state index contributed by atoms with van der Waals surface area (Å²) in [5.41, 5.74) is 2.53. The third-order valence-electron chi connectivity index (χ3n) is 3.64. The predicted octanol–water partition coefficient (Wildman–Crippen LogP) is 2.62. The molecular weight excluding hydrogens is 282 g/mol. The Hall–Kier alpha value is -2.32. The standard InChI is InChI=1S/C16H15N3OS/c17-9-12-3-1-2-4-14(12)18-10-16(20)19-7-5-15-13(11-19)6-8-21-15/h1-4,6,8,18H,5,7,10-11H2. The minimum atomic E-state index is 0.0691. The normalized spacial score (nSPS) is 13.4. The number of amides is 1. The SMILES string of the molecule is N#Cc1ccccc1NCC(=O)N1CCc2sccc2C1. The Bertz CT molecular complexity index is 702. The van der Waals surface area contributed by atoms with Crippen LogP contribution < -0.4 is 5.32 Å². The van der Waals surface area contributed by atoms with Gasteiger partial charge in [0.1, 0.15) is 6.07 Å². The summed E-state index contributed by atoms with van der Waals surface area (Å²) in [6.07, 6.45) is 0.938. The first-order valence-electron chi connectivity index (χ1n) is 6.84. The molecule has 0 saturated heterocycles. The number of nitrogens with zero attached hydrogens (tertiary/aromatic N) is 2. The van der Waals surface area contributed by atoms with Crippen LogP contribution in [-0.4, -0.2) is 23.9 Å². The van der Waals surface area contributed by atoms with Gasteiger partial charge < -0.3 is 10.2 Å². The van der Waals surface area contributed by atoms with Gasteiger partial charge in [0.05, 0.1) is 17.8 Å². The second-order valence-corrected chi connectivity index (χ2v) is 5.95. The monoisotopic (exact) mass is 297 g/mol. The van der Waals surface area contributed by atoms with Crippen molar-refractivity contribution in [3.8, 4) is 6.07 Å². The fourth-order valence-corrected chi connectivity index (χ4v) is 3.37. The number of hydrogen-bond acceptors (Lipinski definition) is 4. The Labute approximate surface area is 127 Å². The van der Waals surface area contributed by atoms with Crippen LogP contribution in [0.4, 0.5) is 5.69 Å². The first-order valence-corrected chi connectivity index (χ1v) is 7.72. The average molecular weight is 297 g/mol. The van der Waals surface area contributed by atoms with Gasteiger partial charge in [0.15, 0.2) is 0 Å². The summed E-state index contributed by atoms with van der Waals surface area (Å²) in [7, 11) is 0. The molecule has 0 spiro atoms. The number of para-hydroxylation sites is 1. The predicted molar refractivity (Wildman–Crippen MR) is 83.1 cm³/mol. The van der Waals surface area contributed by atoms with Crippen LogP contribution in [0.1, 0.15) is 16.0 Å². The number of fused-ring (bicyclic) bond motifs is 1. The molecule has 3 rings (SSSR count). The quantitative estimate of drug-likeness (QED) is 0.947. The van der Waals surface area contributed by atoms with Gasteiger partial charge in [-0.3, -0.25) is 4.79 Å². The minimum Gasteiger partial charge on any atom is -0.375 e. The van der Waals surface area contributed by atoms with E-state index in [9.17, 15) is 4.79 Å². The van der Waals surface area contributed by atoms with Gasteiger partial charge in [-0.25, -0.2) is 0 Å². The lowest BCUT2D eigenvalue weighted by Crippen LogP contribution is -2.38. The molecule has 1 aliphatic heterocycles. The highest BCUT2D eigenvalue weighted by molar-refractivity contribution is 7.10. The van der Waals surface area contributed by atoms with E-state index in [1.165, 1.54) is 10.4 Å². The second kappa shape index (κ2) is 5.98. The van der Waals surface area contributed by atoms with Crippen LogP contribution >= 0.6 is 11.3 Å². The lowest BCUT2D eigenvalue weighted by molar-refractivity contribution is -0.130. The minimum absolute atomic E-state index is 0.0691. The van der Waals surface area contributed by atoms with E-state index in [2.05, 4.69) is 22.8 Å². The van der Waals surface area contributed by atoms with Gasteiger partial charge in [0.25, 0.3) is 0 Å². The highest BCUT2D eigenvalue weighted by Crippen LogP contribution is 2.24. The Kier molecular flexibility index (Phi) is 3.89. The van der Waals surface area contributed by atoms with Crippen LogP contribution in [-0.2, 0) is 17.8 Å². The summed E-state index contributed by atoms with van der Waals surface area (Å²) < 4.78 is 0. The van der Waals surface area contributed by atoms with Crippen molar-refractivity contribution in [1.29, 1.82) is 5.26 Å². The number of hydrogen-bond donors (Lipinski definition) is 1. The molecule has 106 valence electrons. The summed E-state index contributed by atoms with van der Waals surface area (Å²) in [6.45, 7) is 1.69. The molecule has 0 aliphatic carbocycles. The zero-order valence-electron chi connectivity index (χ0n) is 11.5. The van der Waals surface area contributed by atoms with Crippen molar-refractivity contribution in [2.45, 2.75) is 13.0 Å². The lowest BCUT2D eigenvalue weighted by atomic mass is 10.1. The number of carbonyl (C=O) groups excluding carboxylic acids is 1. The van der Waals surface area contributed by atoms with Crippen molar-refractivity contribution in [2.75, 3.05) is 18.4 Å². The fourth-order valence-electron chi connectivity index (χ4n) is 2.48. The summed E-state index contributed by atoms with van der Waals surface area (Å²) >= 11 is 1.76. The molecule has 1 aromatic heterocycles. The maximum Gasteiger partial charge on any atom is 0.242 e. The molecule has 1 aliphatic rings. The molecule has 1 N–H and O–H groups in total. The van der Waals surface area contributed by atoms with Gasteiger partial charge >= 0.3 is 0 Å². The fraction of sp³-hybridized carbons (Fsp3) is 0.250. The van der Waals surface area contributed by atoms with E-state index >= 15 is 0 Å². The molecule has 2 aromatic rings. The number of thiophene rings is 1. The van der Waals surface area contributed by atoms with E-state index in [-0.39, 0.29) is 12.5 Å². The highest BCUT2D eigenvalue weighted by Gasteiger charge is 2.21. The van der Waals surface area contributed by atoms with Crippen LogP contribution in [0.2, 0.25) is 0 Å². The number of rotatable bonds is 3. The topological polar surface area (TPSA) is 56.1 Å². The van der Waals surface area contributed by atoms with Crippen LogP contribution in [0.5, 0.6) is 0 Å². The highest BCUT2D eigenvalue weighted by atomic mass is 32.1. The van der Waals surface area contributed by atoms with Gasteiger partial charge in [-0.2, -0.15) is 5.26 Å². The second-order valence-electron chi connectivity index (χ2n) is 4.95. The van der Waals surface area contributed by atoms with Gasteiger partial charge in [-0.05, 0) is 35.6 Å². The molecule has 0 atom stereocenters. The molecule has 0 saturated carbocycles. The smallest absolute Gasteiger partial charge is 0.242 e. The largest absolute Gasteiger partial charge is 0.375 e. The van der Waals surface area contributed by atoms with E-state index in [1.54, 1.807) is 17.4 Å². The van der Waals surface area contributed by atoms with Crippen molar-refractivity contribution in [3.05, 3.63) is 51.7 Å². The van der Waals surface area contributed by atoms with Crippen molar-refractivity contribution in [2.24, 2.45) is 0 Å². The van der Waals surface area contributed by atoms with Gasteiger partial charge in [0, 0.05) is 18.0 Å². The Balaban J connectivity index is 1.62. The van der Waals surface area contributed by atoms with Crippen molar-refractivity contribution < 1.29 is 4.79 Å². The molecule has 1 amide bonds. The molecular formula is C16H15N3OS. The van der Waals surface area contributed by atoms with E-state index in [0.717, 1.165) is 13.0 Å². The summed E-state index contributed by atoms with van der Waals surface area (Å²) in [5.74, 6) is 0.0691. The van der Waals surface area contributed by atoms with Crippen LogP contribution in [0.3, 0.4) is 0 Å². The maximum absolute atomic E-state index is 12.3. The zero-order chi connectivity index (χ0) is 14.7. The van der Waals surface area contributed by atoms with E-state index in [4.69, 9.17) is 5.26 Å². The molecule has 4 nitrogen and oxygen atoms in total. The first-order chi connectivity index (χ1) is 10.3. The molecule has 1 aromatic carbocycles. The molecule has 2 heterocycles. The van der Waals surface area contributed by atoms with Gasteiger partial charge in [-0.15, -0.1) is 11.3 Å². The number of nitrogens with one attached hydrogen (secondary N) is 1. The van der Waals surface area contributed by atoms with E-state index in [0.29, 0.717) is 17.8 Å². The summed E-state index contributed by atoms with van der Waals surface area (Å²) in [6, 6.07) is 11.4. The maximum atomic E-state index is 12.3. The summed E-state index contributed by atoms with van der Waals surface area (Å²) in [5, 5.41) is 14.2. The van der Waals surface area contributed by atoms with Crippen molar-refractivity contribution in [3.63, 3.8) is 0 Å². The number of anilines is 1. The van der Waals surface area contributed by atoms with E-state index < -0.39 is 0 Å². The molecule has 21 heavy (non-hydrogen) atoms. The van der Waals surface area contributed by atoms with E-state index in [1.807, 2.05) is 23.1 Å². The number of benzene rings is 1. The number of carbonyl (C=O) groups is 1. The third-order valence-corrected chi connectivity index (χ3v) is 4.66. The Morgan fingerprint density at radius 3 is 3.10 bits per heavy atom. The average Bonchev–Trinajstić information content (AvgIpc) is 3.00. The Morgan fingerprint density at radius 2 is 2.24 bits per heavy atom. The third kappa shape index (κ3) is 2.91. The number of nitriles is 1. The lowest BCUT2D eigenvalue weighted by Gasteiger charge is -2.27.